The van der Waals surface area contributed by atoms with Crippen LogP contribution < -0.4 is 0 Å². The van der Waals surface area contributed by atoms with Crippen molar-refractivity contribution in [1.82, 2.24) is 14.9 Å². The summed E-state index contributed by atoms with van der Waals surface area (Å²) in [5, 5.41) is 8.55. The van der Waals surface area contributed by atoms with Gasteiger partial charge in [-0.2, -0.15) is 0 Å². The smallest absolute Gasteiger partial charge is 0.407 e. The summed E-state index contributed by atoms with van der Waals surface area (Å²) in [6.07, 6.45) is 2.51. The van der Waals surface area contributed by atoms with Gasteiger partial charge < -0.3 is 15.0 Å². The highest BCUT2D eigenvalue weighted by Gasteiger charge is 2.32. The fourth-order valence-electron chi connectivity index (χ4n) is 1.32. The zero-order valence-electron chi connectivity index (χ0n) is 6.40. The second kappa shape index (κ2) is 2.51. The largest absolute Gasteiger partial charge is 0.465 e. The SMILES string of the molecule is O=C(O)N1CC(c2cnc[nH]2)C1. The lowest BCUT2D eigenvalue weighted by Gasteiger charge is -2.36. The monoisotopic (exact) mass is 167 g/mol. The number of H-pyrrole nitrogens is 1. The standard InChI is InChI=1S/C7H9N3O2/c11-7(12)10-2-5(3-10)6-1-8-4-9-6/h1,4-5H,2-3H2,(H,8,9)(H,11,12). The van der Waals surface area contributed by atoms with E-state index in [9.17, 15) is 4.79 Å². The van der Waals surface area contributed by atoms with E-state index in [1.54, 1.807) is 12.5 Å². The number of carbonyl (C=O) groups is 1. The molecule has 2 N–H and O–H groups in total. The average molecular weight is 167 g/mol. The Morgan fingerprint density at radius 3 is 3.00 bits per heavy atom. The van der Waals surface area contributed by atoms with Crippen LogP contribution in [0.5, 0.6) is 0 Å². The fourth-order valence-corrected chi connectivity index (χ4v) is 1.32. The number of nitrogens with one attached hydrogen (secondary N) is 1. The molecule has 0 radical (unpaired) electrons. The second-order valence-electron chi connectivity index (χ2n) is 2.89. The van der Waals surface area contributed by atoms with E-state index in [0.29, 0.717) is 19.0 Å². The summed E-state index contributed by atoms with van der Waals surface area (Å²) in [5.74, 6) is 0.309. The van der Waals surface area contributed by atoms with Crippen molar-refractivity contribution in [3.05, 3.63) is 18.2 Å². The molecule has 0 aliphatic carbocycles. The van der Waals surface area contributed by atoms with E-state index >= 15 is 0 Å². The van der Waals surface area contributed by atoms with Gasteiger partial charge in [-0.25, -0.2) is 9.78 Å². The van der Waals surface area contributed by atoms with Gasteiger partial charge in [0.15, 0.2) is 0 Å². The summed E-state index contributed by atoms with van der Waals surface area (Å²) in [6, 6.07) is 0. The maximum absolute atomic E-state index is 10.4. The number of nitrogens with zero attached hydrogens (tertiary/aromatic N) is 2. The van der Waals surface area contributed by atoms with Crippen molar-refractivity contribution in [2.24, 2.45) is 0 Å². The number of hydrogen-bond acceptors (Lipinski definition) is 2. The molecule has 1 saturated heterocycles. The number of aromatic nitrogens is 2. The predicted molar refractivity (Wildman–Crippen MR) is 40.9 cm³/mol. The molecular formula is C7H9N3O2. The molecule has 2 rings (SSSR count). The van der Waals surface area contributed by atoms with E-state index in [0.717, 1.165) is 5.69 Å². The molecule has 1 aromatic heterocycles. The molecule has 5 nitrogen and oxygen atoms in total. The van der Waals surface area contributed by atoms with Crippen LogP contribution in [0.4, 0.5) is 4.79 Å². The van der Waals surface area contributed by atoms with E-state index in [4.69, 9.17) is 5.11 Å². The second-order valence-corrected chi connectivity index (χ2v) is 2.89. The van der Waals surface area contributed by atoms with Gasteiger partial charge in [-0.3, -0.25) is 0 Å². The third-order valence-corrected chi connectivity index (χ3v) is 2.11. The van der Waals surface area contributed by atoms with Gasteiger partial charge in [0.05, 0.1) is 6.33 Å². The number of carboxylic acid groups (broad SMARTS) is 1. The lowest BCUT2D eigenvalue weighted by Crippen LogP contribution is -2.47. The van der Waals surface area contributed by atoms with Crippen molar-refractivity contribution in [3.63, 3.8) is 0 Å². The molecular weight excluding hydrogens is 158 g/mol. The summed E-state index contributed by atoms with van der Waals surface area (Å²) in [6.45, 7) is 1.16. The minimum atomic E-state index is -0.842. The van der Waals surface area contributed by atoms with Crippen molar-refractivity contribution in [3.8, 4) is 0 Å². The van der Waals surface area contributed by atoms with Crippen LogP contribution in [-0.2, 0) is 0 Å². The lowest BCUT2D eigenvalue weighted by atomic mass is 9.98. The fraction of sp³-hybridized carbons (Fsp3) is 0.429. The quantitative estimate of drug-likeness (QED) is 0.639. The van der Waals surface area contributed by atoms with Crippen LogP contribution in [0.3, 0.4) is 0 Å². The number of likely N-dealkylation sites (tertiary alicyclic amines) is 1. The molecule has 0 aromatic carbocycles. The van der Waals surface area contributed by atoms with Gasteiger partial charge in [-0.15, -0.1) is 0 Å². The molecule has 1 aromatic rings. The summed E-state index contributed by atoms with van der Waals surface area (Å²) in [7, 11) is 0. The van der Waals surface area contributed by atoms with Crippen LogP contribution in [0.15, 0.2) is 12.5 Å². The predicted octanol–water partition coefficient (Wildman–Crippen LogP) is 0.487. The maximum atomic E-state index is 10.4. The molecule has 64 valence electrons. The first-order valence-corrected chi connectivity index (χ1v) is 3.73. The van der Waals surface area contributed by atoms with Gasteiger partial charge >= 0.3 is 6.09 Å². The molecule has 1 aliphatic heterocycles. The first-order chi connectivity index (χ1) is 5.77. The van der Waals surface area contributed by atoms with Crippen LogP contribution in [0.2, 0.25) is 0 Å². The van der Waals surface area contributed by atoms with Crippen LogP contribution in [0, 0.1) is 0 Å². The highest BCUT2D eigenvalue weighted by Crippen LogP contribution is 2.24. The Morgan fingerprint density at radius 1 is 1.75 bits per heavy atom. The van der Waals surface area contributed by atoms with Gasteiger partial charge in [-0.05, 0) is 0 Å². The van der Waals surface area contributed by atoms with Crippen LogP contribution in [0.1, 0.15) is 11.6 Å². The minimum absolute atomic E-state index is 0.309. The van der Waals surface area contributed by atoms with Crippen LogP contribution in [0.25, 0.3) is 0 Å². The summed E-state index contributed by atoms with van der Waals surface area (Å²) in [4.78, 5) is 18.6. The van der Waals surface area contributed by atoms with E-state index in [2.05, 4.69) is 9.97 Å². The highest BCUT2D eigenvalue weighted by atomic mass is 16.4. The van der Waals surface area contributed by atoms with Gasteiger partial charge in [0, 0.05) is 30.9 Å². The van der Waals surface area contributed by atoms with E-state index in [-0.39, 0.29) is 0 Å². The molecule has 1 aliphatic rings. The number of aromatic amines is 1. The molecule has 0 bridgehead atoms. The number of imidazole rings is 1. The first-order valence-electron chi connectivity index (χ1n) is 3.73. The summed E-state index contributed by atoms with van der Waals surface area (Å²) in [5.41, 5.74) is 1.02. The summed E-state index contributed by atoms with van der Waals surface area (Å²) < 4.78 is 0. The van der Waals surface area contributed by atoms with Gasteiger partial charge in [0.1, 0.15) is 0 Å². The summed E-state index contributed by atoms with van der Waals surface area (Å²) >= 11 is 0. The third-order valence-electron chi connectivity index (χ3n) is 2.11. The Labute approximate surface area is 69.0 Å². The van der Waals surface area contributed by atoms with Crippen molar-refractivity contribution < 1.29 is 9.90 Å². The Balaban J connectivity index is 1.94. The van der Waals surface area contributed by atoms with Crippen molar-refractivity contribution in [2.75, 3.05) is 13.1 Å². The van der Waals surface area contributed by atoms with Crippen LogP contribution >= 0.6 is 0 Å². The third kappa shape index (κ3) is 1.03. The normalized spacial score (nSPS) is 17.5. The zero-order valence-corrected chi connectivity index (χ0v) is 6.40. The molecule has 5 heteroatoms. The Hall–Kier alpha value is -1.52. The van der Waals surface area contributed by atoms with Gasteiger partial charge in [0.25, 0.3) is 0 Å². The molecule has 0 atom stereocenters. The van der Waals surface area contributed by atoms with Crippen molar-refractivity contribution in [1.29, 1.82) is 0 Å². The van der Waals surface area contributed by atoms with E-state index in [1.807, 2.05) is 0 Å². The lowest BCUT2D eigenvalue weighted by molar-refractivity contribution is 0.104. The van der Waals surface area contributed by atoms with E-state index in [1.165, 1.54) is 4.90 Å². The zero-order chi connectivity index (χ0) is 8.55. The van der Waals surface area contributed by atoms with Gasteiger partial charge in [0.2, 0.25) is 0 Å². The molecule has 2 heterocycles. The minimum Gasteiger partial charge on any atom is -0.465 e. The number of amides is 1. The first kappa shape index (κ1) is 7.15. The molecule has 0 saturated carbocycles. The van der Waals surface area contributed by atoms with E-state index < -0.39 is 6.09 Å². The number of hydrogen-bond donors (Lipinski definition) is 2. The Bertz CT molecular complexity index is 277. The average Bonchev–Trinajstić information content (AvgIpc) is 2.34. The maximum Gasteiger partial charge on any atom is 0.407 e. The Morgan fingerprint density at radius 2 is 2.50 bits per heavy atom. The molecule has 1 fully saturated rings. The van der Waals surface area contributed by atoms with Gasteiger partial charge in [-0.1, -0.05) is 0 Å². The Kier molecular flexibility index (Phi) is 1.49. The molecule has 0 spiro atoms. The topological polar surface area (TPSA) is 69.2 Å². The molecule has 12 heavy (non-hydrogen) atoms. The van der Waals surface area contributed by atoms with Crippen molar-refractivity contribution >= 4 is 6.09 Å². The van der Waals surface area contributed by atoms with Crippen molar-refractivity contribution in [2.45, 2.75) is 5.92 Å². The molecule has 1 amide bonds. The molecule has 0 unspecified atom stereocenters. The highest BCUT2D eigenvalue weighted by molar-refractivity contribution is 5.66. The number of rotatable bonds is 1. The van der Waals surface area contributed by atoms with Crippen LogP contribution in [-0.4, -0.2) is 39.2 Å².